The smallest absolute Gasteiger partial charge is 0.325 e. The molecule has 0 bridgehead atoms. The van der Waals surface area contributed by atoms with Gasteiger partial charge in [0.25, 0.3) is 5.91 Å². The van der Waals surface area contributed by atoms with E-state index < -0.39 is 17.9 Å². The summed E-state index contributed by atoms with van der Waals surface area (Å²) in [6.07, 6.45) is 0. The number of ether oxygens (including phenoxy) is 1. The molecule has 24 heavy (non-hydrogen) atoms. The van der Waals surface area contributed by atoms with E-state index in [1.165, 1.54) is 7.11 Å². The highest BCUT2D eigenvalue weighted by Gasteiger charge is 2.27. The summed E-state index contributed by atoms with van der Waals surface area (Å²) in [5.74, 6) is -1.22. The molecule has 0 saturated heterocycles. The molecule has 0 aliphatic heterocycles. The van der Waals surface area contributed by atoms with Gasteiger partial charge in [-0.3, -0.25) is 14.4 Å². The van der Waals surface area contributed by atoms with Crippen molar-refractivity contribution in [2.45, 2.75) is 26.8 Å². The topological polar surface area (TPSA) is 111 Å². The first-order valence-electron chi connectivity index (χ1n) is 7.16. The van der Waals surface area contributed by atoms with Crippen molar-refractivity contribution in [2.24, 2.45) is 11.1 Å². The lowest BCUT2D eigenvalue weighted by Gasteiger charge is -2.25. The molecule has 0 saturated carbocycles. The summed E-state index contributed by atoms with van der Waals surface area (Å²) in [6.45, 7) is 5.44. The van der Waals surface area contributed by atoms with Gasteiger partial charge in [-0.15, -0.1) is 12.4 Å². The number of esters is 1. The number of hydrogen-bond acceptors (Lipinski definition) is 5. The molecule has 1 atom stereocenters. The Labute approximate surface area is 147 Å². The fourth-order valence-corrected chi connectivity index (χ4v) is 1.64. The number of carbonyl (C=O) groups excluding carboxylic acids is 3. The van der Waals surface area contributed by atoms with E-state index in [4.69, 9.17) is 5.73 Å². The summed E-state index contributed by atoms with van der Waals surface area (Å²) in [7, 11) is 1.24. The number of anilines is 1. The van der Waals surface area contributed by atoms with E-state index >= 15 is 0 Å². The van der Waals surface area contributed by atoms with Crippen molar-refractivity contribution in [1.29, 1.82) is 0 Å². The summed E-state index contributed by atoms with van der Waals surface area (Å²) < 4.78 is 4.44. The van der Waals surface area contributed by atoms with Crippen LogP contribution in [0.1, 0.15) is 31.1 Å². The minimum atomic E-state index is -0.648. The Morgan fingerprint density at radius 2 is 1.71 bits per heavy atom. The summed E-state index contributed by atoms with van der Waals surface area (Å²) in [4.78, 5) is 34.8. The van der Waals surface area contributed by atoms with Crippen molar-refractivity contribution in [3.8, 4) is 0 Å². The van der Waals surface area contributed by atoms with Gasteiger partial charge in [-0.2, -0.15) is 0 Å². The third-order valence-electron chi connectivity index (χ3n) is 3.25. The van der Waals surface area contributed by atoms with E-state index in [0.717, 1.165) is 0 Å². The van der Waals surface area contributed by atoms with Crippen LogP contribution in [0, 0.1) is 5.41 Å². The monoisotopic (exact) mass is 357 g/mol. The summed E-state index contributed by atoms with van der Waals surface area (Å²) in [6, 6.07) is 5.64. The van der Waals surface area contributed by atoms with Gasteiger partial charge >= 0.3 is 5.97 Å². The minimum absolute atomic E-state index is 0. The lowest BCUT2D eigenvalue weighted by atomic mass is 9.87. The third-order valence-corrected chi connectivity index (χ3v) is 3.25. The Balaban J connectivity index is 0.00000529. The Bertz CT molecular complexity index is 582. The summed E-state index contributed by atoms with van der Waals surface area (Å²) in [5.41, 5.74) is 6.44. The molecule has 2 amide bonds. The molecule has 0 fully saturated rings. The number of carbonyl (C=O) groups is 3. The van der Waals surface area contributed by atoms with E-state index in [2.05, 4.69) is 15.4 Å². The van der Waals surface area contributed by atoms with Crippen molar-refractivity contribution in [3.05, 3.63) is 29.8 Å². The number of amides is 2. The van der Waals surface area contributed by atoms with Crippen LogP contribution < -0.4 is 16.4 Å². The number of halogens is 1. The molecule has 0 aliphatic carbocycles. The Kier molecular flexibility index (Phi) is 8.43. The molecule has 0 unspecified atom stereocenters. The van der Waals surface area contributed by atoms with Crippen LogP contribution in [0.2, 0.25) is 0 Å². The predicted octanol–water partition coefficient (Wildman–Crippen LogP) is 1.32. The van der Waals surface area contributed by atoms with Crippen molar-refractivity contribution in [1.82, 2.24) is 5.32 Å². The van der Waals surface area contributed by atoms with Crippen LogP contribution in [0.25, 0.3) is 0 Å². The number of benzene rings is 1. The molecule has 0 spiro atoms. The predicted molar refractivity (Wildman–Crippen MR) is 94.1 cm³/mol. The minimum Gasteiger partial charge on any atom is -0.468 e. The van der Waals surface area contributed by atoms with Gasteiger partial charge in [0.1, 0.15) is 6.54 Å². The number of methoxy groups -OCH3 is 1. The second kappa shape index (κ2) is 9.24. The molecule has 1 aromatic rings. The van der Waals surface area contributed by atoms with E-state index in [1.54, 1.807) is 24.3 Å². The molecule has 0 heterocycles. The average Bonchev–Trinajstić information content (AvgIpc) is 2.51. The zero-order valence-electron chi connectivity index (χ0n) is 14.2. The van der Waals surface area contributed by atoms with E-state index in [1.807, 2.05) is 20.8 Å². The third kappa shape index (κ3) is 6.55. The second-order valence-electron chi connectivity index (χ2n) is 6.17. The first-order chi connectivity index (χ1) is 10.6. The van der Waals surface area contributed by atoms with E-state index in [9.17, 15) is 14.4 Å². The maximum absolute atomic E-state index is 12.0. The van der Waals surface area contributed by atoms with E-state index in [0.29, 0.717) is 11.3 Å². The normalized spacial score (nSPS) is 11.7. The lowest BCUT2D eigenvalue weighted by Crippen LogP contribution is -2.45. The fraction of sp³-hybridized carbons (Fsp3) is 0.438. The van der Waals surface area contributed by atoms with Gasteiger partial charge in [-0.05, 0) is 29.7 Å². The van der Waals surface area contributed by atoms with Crippen molar-refractivity contribution < 1.29 is 19.1 Å². The first-order valence-corrected chi connectivity index (χ1v) is 7.16. The summed E-state index contributed by atoms with van der Waals surface area (Å²) in [5, 5.41) is 5.13. The molecule has 0 radical (unpaired) electrons. The first kappa shape index (κ1) is 21.9. The quantitative estimate of drug-likeness (QED) is 0.688. The molecule has 0 aromatic heterocycles. The maximum Gasteiger partial charge on any atom is 0.325 e. The molecule has 0 aliphatic rings. The second-order valence-corrected chi connectivity index (χ2v) is 6.17. The van der Waals surface area contributed by atoms with E-state index in [-0.39, 0.29) is 30.3 Å². The van der Waals surface area contributed by atoms with Crippen LogP contribution in [0.15, 0.2) is 24.3 Å². The number of rotatable bonds is 5. The number of nitrogens with one attached hydrogen (secondary N) is 2. The van der Waals surface area contributed by atoms with Crippen molar-refractivity contribution in [2.75, 3.05) is 19.0 Å². The van der Waals surface area contributed by atoms with Crippen LogP contribution in [-0.2, 0) is 14.3 Å². The Morgan fingerprint density at radius 1 is 1.17 bits per heavy atom. The highest BCUT2D eigenvalue weighted by atomic mass is 35.5. The Hall–Kier alpha value is -2.12. The van der Waals surface area contributed by atoms with Gasteiger partial charge in [0.05, 0.1) is 13.2 Å². The van der Waals surface area contributed by atoms with Gasteiger partial charge in [-0.25, -0.2) is 0 Å². The molecular formula is C16H24ClN3O4. The highest BCUT2D eigenvalue weighted by molar-refractivity contribution is 5.98. The zero-order chi connectivity index (χ0) is 17.6. The van der Waals surface area contributed by atoms with Crippen molar-refractivity contribution >= 4 is 35.9 Å². The number of hydrogen-bond donors (Lipinski definition) is 3. The van der Waals surface area contributed by atoms with Gasteiger partial charge in [-0.1, -0.05) is 20.8 Å². The molecule has 1 rings (SSSR count). The lowest BCUT2D eigenvalue weighted by molar-refractivity contribution is -0.139. The van der Waals surface area contributed by atoms with Gasteiger partial charge in [0.15, 0.2) is 0 Å². The van der Waals surface area contributed by atoms with Gasteiger partial charge in [0.2, 0.25) is 5.91 Å². The van der Waals surface area contributed by atoms with Crippen LogP contribution in [-0.4, -0.2) is 37.5 Å². The van der Waals surface area contributed by atoms with Crippen LogP contribution in [0.4, 0.5) is 5.69 Å². The SMILES string of the molecule is COC(=O)CNC(=O)c1ccc(NC(=O)[C@@H](N)C(C)(C)C)cc1.Cl. The number of nitrogens with two attached hydrogens (primary N) is 1. The van der Waals surface area contributed by atoms with Crippen LogP contribution in [0.3, 0.4) is 0 Å². The molecule has 8 heteroatoms. The van der Waals surface area contributed by atoms with Crippen LogP contribution in [0.5, 0.6) is 0 Å². The van der Waals surface area contributed by atoms with Crippen LogP contribution >= 0.6 is 12.4 Å². The average molecular weight is 358 g/mol. The standard InChI is InChI=1S/C16H23N3O4.ClH/c1-16(2,3)13(17)15(22)19-11-7-5-10(6-8-11)14(21)18-9-12(20)23-4;/h5-8,13H,9,17H2,1-4H3,(H,18,21)(H,19,22);1H/t13-;/m1./s1. The maximum atomic E-state index is 12.0. The zero-order valence-corrected chi connectivity index (χ0v) is 15.0. The fourth-order valence-electron chi connectivity index (χ4n) is 1.64. The molecular weight excluding hydrogens is 334 g/mol. The van der Waals surface area contributed by atoms with Gasteiger partial charge < -0.3 is 21.1 Å². The molecule has 134 valence electrons. The highest BCUT2D eigenvalue weighted by Crippen LogP contribution is 2.19. The largest absolute Gasteiger partial charge is 0.468 e. The molecule has 4 N–H and O–H groups in total. The Morgan fingerprint density at radius 3 is 2.17 bits per heavy atom. The molecule has 1 aromatic carbocycles. The summed E-state index contributed by atoms with van der Waals surface area (Å²) >= 11 is 0. The van der Waals surface area contributed by atoms with Gasteiger partial charge in [0, 0.05) is 11.3 Å². The van der Waals surface area contributed by atoms with Crippen molar-refractivity contribution in [3.63, 3.8) is 0 Å². The molecule has 7 nitrogen and oxygen atoms in total.